The van der Waals surface area contributed by atoms with Gasteiger partial charge < -0.3 is 4.74 Å². The maximum absolute atomic E-state index is 11.8. The van der Waals surface area contributed by atoms with Gasteiger partial charge in [-0.1, -0.05) is 12.8 Å². The molecule has 0 bridgehead atoms. The number of benzene rings is 1. The Kier molecular flexibility index (Phi) is 4.97. The second kappa shape index (κ2) is 6.92. The molecule has 0 radical (unpaired) electrons. The van der Waals surface area contributed by atoms with E-state index in [0.717, 1.165) is 25.7 Å². The van der Waals surface area contributed by atoms with E-state index in [1.54, 1.807) is 31.2 Å². The first-order chi connectivity index (χ1) is 9.69. The van der Waals surface area contributed by atoms with Crippen LogP contribution in [0.5, 0.6) is 5.75 Å². The molecule has 5 nitrogen and oxygen atoms in total. The number of nitriles is 1. The monoisotopic (exact) mass is 274 g/mol. The van der Waals surface area contributed by atoms with Gasteiger partial charge in [-0.25, -0.2) is 5.48 Å². The third-order valence-corrected chi connectivity index (χ3v) is 3.29. The van der Waals surface area contributed by atoms with Crippen molar-refractivity contribution in [2.24, 2.45) is 0 Å². The average Bonchev–Trinajstić information content (AvgIpc) is 2.98. The fourth-order valence-corrected chi connectivity index (χ4v) is 2.10. The first kappa shape index (κ1) is 14.4. The average molecular weight is 274 g/mol. The minimum Gasteiger partial charge on any atom is -0.481 e. The maximum atomic E-state index is 11.8. The predicted molar refractivity (Wildman–Crippen MR) is 72.7 cm³/mol. The third-order valence-electron chi connectivity index (χ3n) is 3.29. The van der Waals surface area contributed by atoms with E-state index in [0.29, 0.717) is 11.3 Å². The van der Waals surface area contributed by atoms with Crippen molar-refractivity contribution in [3.8, 4) is 11.8 Å². The highest BCUT2D eigenvalue weighted by atomic mass is 16.7. The van der Waals surface area contributed by atoms with Crippen molar-refractivity contribution < 1.29 is 14.4 Å². The van der Waals surface area contributed by atoms with Crippen LogP contribution in [-0.4, -0.2) is 18.1 Å². The Morgan fingerprint density at radius 3 is 2.60 bits per heavy atom. The van der Waals surface area contributed by atoms with Crippen LogP contribution in [-0.2, 0) is 9.63 Å². The van der Waals surface area contributed by atoms with Crippen LogP contribution in [0.2, 0.25) is 0 Å². The molecule has 1 aliphatic rings. The Balaban J connectivity index is 1.79. The number of hydrogen-bond donors (Lipinski definition) is 1. The molecule has 1 saturated carbocycles. The molecule has 2 rings (SSSR count). The second-order valence-electron chi connectivity index (χ2n) is 4.89. The molecule has 106 valence electrons. The van der Waals surface area contributed by atoms with Crippen LogP contribution in [0.25, 0.3) is 0 Å². The van der Waals surface area contributed by atoms with Gasteiger partial charge in [0.2, 0.25) is 0 Å². The first-order valence-electron chi connectivity index (χ1n) is 6.81. The lowest BCUT2D eigenvalue weighted by atomic mass is 10.2. The normalized spacial score (nSPS) is 16.4. The Bertz CT molecular complexity index is 487. The number of nitrogens with zero attached hydrogens (tertiary/aromatic N) is 1. The summed E-state index contributed by atoms with van der Waals surface area (Å²) in [7, 11) is 0. The highest BCUT2D eigenvalue weighted by Crippen LogP contribution is 2.20. The third kappa shape index (κ3) is 3.97. The van der Waals surface area contributed by atoms with Gasteiger partial charge in [0, 0.05) is 0 Å². The van der Waals surface area contributed by atoms with E-state index in [1.165, 1.54) is 0 Å². The first-order valence-corrected chi connectivity index (χ1v) is 6.81. The molecule has 0 spiro atoms. The molecule has 1 atom stereocenters. The Morgan fingerprint density at radius 1 is 1.35 bits per heavy atom. The molecule has 0 heterocycles. The van der Waals surface area contributed by atoms with Crippen molar-refractivity contribution in [2.75, 3.05) is 0 Å². The van der Waals surface area contributed by atoms with Crippen molar-refractivity contribution in [1.29, 1.82) is 5.26 Å². The number of amides is 1. The maximum Gasteiger partial charge on any atom is 0.284 e. The Hall–Kier alpha value is -2.06. The zero-order valence-corrected chi connectivity index (χ0v) is 11.5. The zero-order chi connectivity index (χ0) is 14.4. The number of carbonyl (C=O) groups is 1. The number of ether oxygens (including phenoxy) is 1. The van der Waals surface area contributed by atoms with E-state index < -0.39 is 6.10 Å². The number of rotatable bonds is 5. The summed E-state index contributed by atoms with van der Waals surface area (Å²) >= 11 is 0. The van der Waals surface area contributed by atoms with E-state index in [1.807, 2.05) is 6.07 Å². The topological polar surface area (TPSA) is 71.3 Å². The highest BCUT2D eigenvalue weighted by Gasteiger charge is 2.20. The standard InChI is InChI=1S/C15H18N2O3/c1-11(15(18)17-20-14-4-2-3-5-14)19-13-8-6-12(10-16)7-9-13/h6-9,11,14H,2-5H2,1H3,(H,17,18). The predicted octanol–water partition coefficient (Wildman–Crippen LogP) is 2.32. The molecule has 1 unspecified atom stereocenters. The van der Waals surface area contributed by atoms with E-state index in [4.69, 9.17) is 14.8 Å². The molecule has 0 aliphatic heterocycles. The molecule has 0 aromatic heterocycles. The fourth-order valence-electron chi connectivity index (χ4n) is 2.10. The Morgan fingerprint density at radius 2 is 2.00 bits per heavy atom. The molecular weight excluding hydrogens is 256 g/mol. The molecule has 0 saturated heterocycles. The van der Waals surface area contributed by atoms with Crippen molar-refractivity contribution in [2.45, 2.75) is 44.8 Å². The van der Waals surface area contributed by atoms with Gasteiger partial charge in [-0.3, -0.25) is 9.63 Å². The summed E-state index contributed by atoms with van der Waals surface area (Å²) in [5.74, 6) is 0.244. The highest BCUT2D eigenvalue weighted by molar-refractivity contribution is 5.79. The second-order valence-corrected chi connectivity index (χ2v) is 4.89. The number of nitrogens with one attached hydrogen (secondary N) is 1. The number of carbonyl (C=O) groups excluding carboxylic acids is 1. The fraction of sp³-hybridized carbons (Fsp3) is 0.467. The lowest BCUT2D eigenvalue weighted by Gasteiger charge is -2.16. The van der Waals surface area contributed by atoms with Crippen LogP contribution in [0.1, 0.15) is 38.2 Å². The largest absolute Gasteiger partial charge is 0.481 e. The van der Waals surface area contributed by atoms with Crippen molar-refractivity contribution in [1.82, 2.24) is 5.48 Å². The van der Waals surface area contributed by atoms with Crippen molar-refractivity contribution in [3.05, 3.63) is 29.8 Å². The summed E-state index contributed by atoms with van der Waals surface area (Å²) in [6.07, 6.45) is 3.76. The van der Waals surface area contributed by atoms with Crippen LogP contribution in [0.4, 0.5) is 0 Å². The molecule has 1 aromatic rings. The van der Waals surface area contributed by atoms with Crippen LogP contribution < -0.4 is 10.2 Å². The molecule has 5 heteroatoms. The summed E-state index contributed by atoms with van der Waals surface area (Å²) in [5.41, 5.74) is 3.01. The molecule has 1 amide bonds. The van der Waals surface area contributed by atoms with Gasteiger partial charge in [-0.15, -0.1) is 0 Å². The molecule has 1 aromatic carbocycles. The molecule has 1 aliphatic carbocycles. The van der Waals surface area contributed by atoms with Gasteiger partial charge >= 0.3 is 0 Å². The minimum atomic E-state index is -0.649. The molecule has 20 heavy (non-hydrogen) atoms. The SMILES string of the molecule is CC(Oc1ccc(C#N)cc1)C(=O)NOC1CCCC1. The van der Waals surface area contributed by atoms with E-state index in [-0.39, 0.29) is 12.0 Å². The van der Waals surface area contributed by atoms with Gasteiger partial charge in [0.25, 0.3) is 5.91 Å². The van der Waals surface area contributed by atoms with Crippen LogP contribution in [0.15, 0.2) is 24.3 Å². The van der Waals surface area contributed by atoms with Crippen LogP contribution in [0, 0.1) is 11.3 Å². The lowest BCUT2D eigenvalue weighted by molar-refractivity contribution is -0.144. The van der Waals surface area contributed by atoms with Gasteiger partial charge in [-0.2, -0.15) is 5.26 Å². The van der Waals surface area contributed by atoms with E-state index in [9.17, 15) is 4.79 Å². The van der Waals surface area contributed by atoms with Crippen LogP contribution in [0.3, 0.4) is 0 Å². The van der Waals surface area contributed by atoms with Gasteiger partial charge in [-0.05, 0) is 44.0 Å². The van der Waals surface area contributed by atoms with Gasteiger partial charge in [0.15, 0.2) is 6.10 Å². The van der Waals surface area contributed by atoms with Crippen molar-refractivity contribution >= 4 is 5.91 Å². The molecule has 1 N–H and O–H groups in total. The van der Waals surface area contributed by atoms with E-state index >= 15 is 0 Å². The Labute approximate surface area is 118 Å². The quantitative estimate of drug-likeness (QED) is 0.836. The minimum absolute atomic E-state index is 0.126. The molecule has 1 fully saturated rings. The number of hydroxylamine groups is 1. The smallest absolute Gasteiger partial charge is 0.284 e. The van der Waals surface area contributed by atoms with Crippen LogP contribution >= 0.6 is 0 Å². The molecular formula is C15H18N2O3. The zero-order valence-electron chi connectivity index (χ0n) is 11.5. The van der Waals surface area contributed by atoms with Gasteiger partial charge in [0.1, 0.15) is 5.75 Å². The van der Waals surface area contributed by atoms with Crippen molar-refractivity contribution in [3.63, 3.8) is 0 Å². The summed E-state index contributed by atoms with van der Waals surface area (Å²) in [6, 6.07) is 8.66. The number of hydrogen-bond acceptors (Lipinski definition) is 4. The van der Waals surface area contributed by atoms with Gasteiger partial charge in [0.05, 0.1) is 17.7 Å². The van der Waals surface area contributed by atoms with E-state index in [2.05, 4.69) is 5.48 Å². The summed E-state index contributed by atoms with van der Waals surface area (Å²) < 4.78 is 5.49. The summed E-state index contributed by atoms with van der Waals surface area (Å²) in [4.78, 5) is 17.2. The lowest BCUT2D eigenvalue weighted by Crippen LogP contribution is -2.38. The summed E-state index contributed by atoms with van der Waals surface area (Å²) in [6.45, 7) is 1.66. The summed E-state index contributed by atoms with van der Waals surface area (Å²) in [5, 5.41) is 8.70.